The second-order valence-electron chi connectivity index (χ2n) is 11.5. The number of aryl methyl sites for hydroxylation is 1. The average Bonchev–Trinajstić information content (AvgIpc) is 3.49. The van der Waals surface area contributed by atoms with Gasteiger partial charge in [0.25, 0.3) is 0 Å². The van der Waals surface area contributed by atoms with Crippen LogP contribution in [0.5, 0.6) is 11.5 Å². The zero-order valence-electron chi connectivity index (χ0n) is 26.1. The lowest BCUT2D eigenvalue weighted by Gasteiger charge is -2.40. The number of nitrogens with one attached hydrogen (secondary N) is 1. The number of imidazole rings is 1. The molecule has 0 amide bonds. The Hall–Kier alpha value is -4.66. The van der Waals surface area contributed by atoms with Gasteiger partial charge in [0.1, 0.15) is 29.5 Å². The monoisotopic (exact) mass is 608 g/mol. The van der Waals surface area contributed by atoms with Crippen LogP contribution < -0.4 is 19.7 Å². The molecule has 2 aliphatic heterocycles. The van der Waals surface area contributed by atoms with Crippen LogP contribution in [-0.4, -0.2) is 83.1 Å². The summed E-state index contributed by atoms with van der Waals surface area (Å²) in [6.45, 7) is 10.4. The van der Waals surface area contributed by atoms with E-state index in [1.54, 1.807) is 31.8 Å². The number of rotatable bonds is 10. The molecule has 1 atom stereocenters. The highest BCUT2D eigenvalue weighted by molar-refractivity contribution is 5.70. The number of ether oxygens (including phenoxy) is 3. The Morgan fingerprint density at radius 2 is 1.78 bits per heavy atom. The molecule has 0 spiro atoms. The quantitative estimate of drug-likeness (QED) is 0.263. The van der Waals surface area contributed by atoms with Crippen LogP contribution in [0.3, 0.4) is 0 Å². The lowest BCUT2D eigenvalue weighted by Crippen LogP contribution is -2.49. The molecule has 4 aromatic rings. The Morgan fingerprint density at radius 1 is 1.00 bits per heavy atom. The van der Waals surface area contributed by atoms with Crippen molar-refractivity contribution in [1.29, 1.82) is 5.26 Å². The molecule has 11 nitrogen and oxygen atoms in total. The van der Waals surface area contributed by atoms with Gasteiger partial charge in [-0.2, -0.15) is 5.26 Å². The zero-order chi connectivity index (χ0) is 31.2. The smallest absolute Gasteiger partial charge is 0.227 e. The van der Waals surface area contributed by atoms with Gasteiger partial charge in [-0.05, 0) is 56.5 Å². The summed E-state index contributed by atoms with van der Waals surface area (Å²) in [7, 11) is 1.68. The van der Waals surface area contributed by atoms with E-state index in [1.165, 1.54) is 0 Å². The van der Waals surface area contributed by atoms with E-state index in [9.17, 15) is 5.26 Å². The standard InChI is InChI=1S/C34H40N8O3/c1-24(23-42-13-10-36-25(42)2)45-32-18-26(4-5-27(32)20-35)28-21-37-34(38-22-28)39-31-7-6-30(19-33(31)43-3)40-11-8-29(9-12-40)41-14-16-44-17-15-41/h4-7,10,13,18-19,21-22,24,29H,8-9,11-12,14-17,23H2,1-3H3,(H,37,38,39)/t24-/m0/s1. The van der Waals surface area contributed by atoms with E-state index in [2.05, 4.69) is 48.3 Å². The summed E-state index contributed by atoms with van der Waals surface area (Å²) in [6.07, 6.45) is 9.36. The molecular weight excluding hydrogens is 568 g/mol. The Kier molecular flexibility index (Phi) is 9.43. The minimum absolute atomic E-state index is 0.161. The van der Waals surface area contributed by atoms with Crippen LogP contribution in [0.15, 0.2) is 61.2 Å². The van der Waals surface area contributed by atoms with Crippen molar-refractivity contribution < 1.29 is 14.2 Å². The van der Waals surface area contributed by atoms with Gasteiger partial charge < -0.3 is 29.0 Å². The second-order valence-corrected chi connectivity index (χ2v) is 11.5. The van der Waals surface area contributed by atoms with Gasteiger partial charge in [0.15, 0.2) is 0 Å². The molecule has 4 heterocycles. The molecule has 0 unspecified atom stereocenters. The van der Waals surface area contributed by atoms with Gasteiger partial charge in [-0.25, -0.2) is 15.0 Å². The number of hydrogen-bond acceptors (Lipinski definition) is 10. The Bertz CT molecular complexity index is 1620. The highest BCUT2D eigenvalue weighted by Crippen LogP contribution is 2.34. The second kappa shape index (κ2) is 14.0. The summed E-state index contributed by atoms with van der Waals surface area (Å²) in [4.78, 5) is 18.4. The number of aromatic nitrogens is 4. The molecule has 2 aromatic carbocycles. The number of nitrogens with zero attached hydrogens (tertiary/aromatic N) is 7. The number of morpholine rings is 1. The van der Waals surface area contributed by atoms with Crippen LogP contribution in [-0.2, 0) is 11.3 Å². The molecule has 1 N–H and O–H groups in total. The van der Waals surface area contributed by atoms with Gasteiger partial charge in [-0.15, -0.1) is 0 Å². The van der Waals surface area contributed by atoms with Crippen molar-refractivity contribution in [3.63, 3.8) is 0 Å². The van der Waals surface area contributed by atoms with E-state index in [1.807, 2.05) is 42.8 Å². The molecule has 2 aliphatic rings. The molecular formula is C34H40N8O3. The number of nitriles is 1. The number of anilines is 3. The first-order chi connectivity index (χ1) is 22.0. The average molecular weight is 609 g/mol. The van der Waals surface area contributed by atoms with Gasteiger partial charge in [0.05, 0.1) is 38.1 Å². The minimum Gasteiger partial charge on any atom is -0.494 e. The fourth-order valence-electron chi connectivity index (χ4n) is 6.09. The van der Waals surface area contributed by atoms with Crippen LogP contribution in [0.2, 0.25) is 0 Å². The van der Waals surface area contributed by atoms with E-state index in [-0.39, 0.29) is 6.10 Å². The predicted molar refractivity (Wildman–Crippen MR) is 173 cm³/mol. The molecule has 0 aliphatic carbocycles. The molecule has 2 fully saturated rings. The van der Waals surface area contributed by atoms with E-state index in [4.69, 9.17) is 14.2 Å². The van der Waals surface area contributed by atoms with Crippen molar-refractivity contribution in [1.82, 2.24) is 24.4 Å². The first-order valence-electron chi connectivity index (χ1n) is 15.5. The maximum absolute atomic E-state index is 9.67. The fraction of sp³-hybridized carbons (Fsp3) is 0.412. The molecule has 11 heteroatoms. The molecule has 0 saturated carbocycles. The van der Waals surface area contributed by atoms with E-state index < -0.39 is 0 Å². The topological polar surface area (TPSA) is 114 Å². The molecule has 0 bridgehead atoms. The first-order valence-corrected chi connectivity index (χ1v) is 15.5. The highest BCUT2D eigenvalue weighted by atomic mass is 16.5. The largest absolute Gasteiger partial charge is 0.494 e. The van der Waals surface area contributed by atoms with Crippen molar-refractivity contribution in [2.45, 2.75) is 45.4 Å². The number of hydrogen-bond donors (Lipinski definition) is 1. The van der Waals surface area contributed by atoms with Crippen LogP contribution >= 0.6 is 0 Å². The maximum atomic E-state index is 9.67. The summed E-state index contributed by atoms with van der Waals surface area (Å²) in [5.74, 6) is 2.64. The van der Waals surface area contributed by atoms with Crippen molar-refractivity contribution in [3.05, 3.63) is 72.6 Å². The number of methoxy groups -OCH3 is 1. The summed E-state index contributed by atoms with van der Waals surface area (Å²) in [6, 6.07) is 14.6. The predicted octanol–water partition coefficient (Wildman–Crippen LogP) is 5.04. The third-order valence-corrected chi connectivity index (χ3v) is 8.62. The summed E-state index contributed by atoms with van der Waals surface area (Å²) in [5.41, 5.74) is 4.11. The van der Waals surface area contributed by atoms with E-state index in [0.717, 1.165) is 86.3 Å². The van der Waals surface area contributed by atoms with Crippen LogP contribution in [0.4, 0.5) is 17.3 Å². The number of benzene rings is 2. The van der Waals surface area contributed by atoms with Gasteiger partial charge in [0, 0.05) is 74.3 Å². The van der Waals surface area contributed by atoms with Gasteiger partial charge >= 0.3 is 0 Å². The van der Waals surface area contributed by atoms with Crippen LogP contribution in [0, 0.1) is 18.3 Å². The van der Waals surface area contributed by atoms with Crippen LogP contribution in [0.25, 0.3) is 11.1 Å². The molecule has 2 saturated heterocycles. The lowest BCUT2D eigenvalue weighted by atomic mass is 10.0. The van der Waals surface area contributed by atoms with Crippen LogP contribution in [0.1, 0.15) is 31.2 Å². The third-order valence-electron chi connectivity index (χ3n) is 8.62. The minimum atomic E-state index is -0.161. The molecule has 234 valence electrons. The fourth-order valence-corrected chi connectivity index (χ4v) is 6.09. The van der Waals surface area contributed by atoms with Gasteiger partial charge in [-0.1, -0.05) is 6.07 Å². The van der Waals surface area contributed by atoms with E-state index in [0.29, 0.717) is 29.8 Å². The summed E-state index contributed by atoms with van der Waals surface area (Å²) in [5, 5.41) is 13.0. The van der Waals surface area contributed by atoms with Crippen molar-refractivity contribution in [2.75, 3.05) is 56.7 Å². The zero-order valence-corrected chi connectivity index (χ0v) is 26.1. The lowest BCUT2D eigenvalue weighted by molar-refractivity contribution is 0.0115. The first kappa shape index (κ1) is 30.4. The maximum Gasteiger partial charge on any atom is 0.227 e. The Morgan fingerprint density at radius 3 is 2.47 bits per heavy atom. The molecule has 2 aromatic heterocycles. The molecule has 6 rings (SSSR count). The van der Waals surface area contributed by atoms with E-state index >= 15 is 0 Å². The van der Waals surface area contributed by atoms with Crippen molar-refractivity contribution in [3.8, 4) is 28.7 Å². The molecule has 45 heavy (non-hydrogen) atoms. The number of piperidine rings is 1. The summed E-state index contributed by atoms with van der Waals surface area (Å²) >= 11 is 0. The Labute approximate surface area is 264 Å². The van der Waals surface area contributed by atoms with Gasteiger partial charge in [-0.3, -0.25) is 4.90 Å². The summed E-state index contributed by atoms with van der Waals surface area (Å²) < 4.78 is 19.5. The highest BCUT2D eigenvalue weighted by Gasteiger charge is 2.26. The van der Waals surface area contributed by atoms with Gasteiger partial charge in [0.2, 0.25) is 5.95 Å². The SMILES string of the molecule is COc1cc(N2CCC(N3CCOCC3)CC2)ccc1Nc1ncc(-c2ccc(C#N)c(O[C@@H](C)Cn3ccnc3C)c2)cn1. The normalized spacial score (nSPS) is 16.6. The third kappa shape index (κ3) is 7.19. The molecule has 0 radical (unpaired) electrons. The van der Waals surface area contributed by atoms with Crippen molar-refractivity contribution in [2.24, 2.45) is 0 Å². The Balaban J connectivity index is 1.10. The van der Waals surface area contributed by atoms with Crippen molar-refractivity contribution >= 4 is 17.3 Å².